The van der Waals surface area contributed by atoms with E-state index >= 15 is 0 Å². The first-order chi connectivity index (χ1) is 8.40. The summed E-state index contributed by atoms with van der Waals surface area (Å²) < 4.78 is 0. The number of aliphatic carboxylic acids is 1. The Bertz CT molecular complexity index is 430. The summed E-state index contributed by atoms with van der Waals surface area (Å²) in [5.41, 5.74) is -0.128. The molecule has 0 saturated heterocycles. The minimum Gasteiger partial charge on any atom is -0.480 e. The summed E-state index contributed by atoms with van der Waals surface area (Å²) in [6.45, 7) is 3.84. The Morgan fingerprint density at radius 3 is 2.61 bits per heavy atom. The minimum atomic E-state index is -0.969. The molecule has 0 spiro atoms. The Kier molecular flexibility index (Phi) is 4.59. The van der Waals surface area contributed by atoms with E-state index in [4.69, 9.17) is 5.11 Å². The number of nitrogens with one attached hydrogen (secondary N) is 1. The molecule has 18 heavy (non-hydrogen) atoms. The van der Waals surface area contributed by atoms with Crippen molar-refractivity contribution in [2.24, 2.45) is 5.92 Å². The predicted molar refractivity (Wildman–Crippen MR) is 65.4 cm³/mol. The second kappa shape index (κ2) is 5.95. The fraction of sp³-hybridized carbons (Fsp3) is 0.455. The van der Waals surface area contributed by atoms with Crippen LogP contribution in [0.3, 0.4) is 0 Å². The van der Waals surface area contributed by atoms with Gasteiger partial charge in [0.05, 0.1) is 4.92 Å². The number of nitro groups is 1. The molecule has 1 rings (SSSR count). The standard InChI is InChI=1S/C11H15N3O4/c1-7(2)5-9(11(15)16)13-10-4-3-8(6-12-10)14(17)18/h3-4,6-7,9H,5H2,1-2H3,(H,12,13)(H,15,16)/t9-/m0/s1. The van der Waals surface area contributed by atoms with E-state index < -0.39 is 16.9 Å². The first kappa shape index (κ1) is 13.9. The second-order valence-corrected chi connectivity index (χ2v) is 4.32. The number of hydrogen-bond donors (Lipinski definition) is 2. The van der Waals surface area contributed by atoms with Gasteiger partial charge in [-0.25, -0.2) is 9.78 Å². The van der Waals surface area contributed by atoms with Gasteiger partial charge in [-0.2, -0.15) is 0 Å². The van der Waals surface area contributed by atoms with Gasteiger partial charge < -0.3 is 10.4 Å². The van der Waals surface area contributed by atoms with Crippen molar-refractivity contribution >= 4 is 17.5 Å². The molecular formula is C11H15N3O4. The first-order valence-electron chi connectivity index (χ1n) is 5.50. The van der Waals surface area contributed by atoms with Gasteiger partial charge in [-0.15, -0.1) is 0 Å². The van der Waals surface area contributed by atoms with Crippen LogP contribution in [-0.4, -0.2) is 27.0 Å². The summed E-state index contributed by atoms with van der Waals surface area (Å²) in [6.07, 6.45) is 1.55. The highest BCUT2D eigenvalue weighted by molar-refractivity contribution is 5.76. The molecule has 0 fully saturated rings. The number of nitrogens with zero attached hydrogens (tertiary/aromatic N) is 2. The summed E-state index contributed by atoms with van der Waals surface area (Å²) in [4.78, 5) is 24.7. The average molecular weight is 253 g/mol. The Morgan fingerprint density at radius 2 is 2.22 bits per heavy atom. The van der Waals surface area contributed by atoms with Crippen LogP contribution in [0.1, 0.15) is 20.3 Å². The number of aromatic nitrogens is 1. The molecule has 1 atom stereocenters. The highest BCUT2D eigenvalue weighted by Gasteiger charge is 2.19. The summed E-state index contributed by atoms with van der Waals surface area (Å²) in [7, 11) is 0. The molecule has 0 aliphatic carbocycles. The number of carboxylic acid groups (broad SMARTS) is 1. The van der Waals surface area contributed by atoms with Crippen molar-refractivity contribution in [1.82, 2.24) is 4.98 Å². The molecular weight excluding hydrogens is 238 g/mol. The van der Waals surface area contributed by atoms with Crippen molar-refractivity contribution in [3.05, 3.63) is 28.4 Å². The maximum atomic E-state index is 11.0. The SMILES string of the molecule is CC(C)C[C@H](Nc1ccc([N+](=O)[O-])cn1)C(=O)O. The second-order valence-electron chi connectivity index (χ2n) is 4.32. The Morgan fingerprint density at radius 1 is 1.56 bits per heavy atom. The molecule has 0 aliphatic rings. The molecule has 1 aromatic heterocycles. The zero-order valence-corrected chi connectivity index (χ0v) is 10.2. The van der Waals surface area contributed by atoms with Crippen molar-refractivity contribution in [3.8, 4) is 0 Å². The van der Waals surface area contributed by atoms with Gasteiger partial charge in [0, 0.05) is 6.07 Å². The van der Waals surface area contributed by atoms with Crippen molar-refractivity contribution in [2.45, 2.75) is 26.3 Å². The maximum Gasteiger partial charge on any atom is 0.326 e. The van der Waals surface area contributed by atoms with Crippen LogP contribution in [0.5, 0.6) is 0 Å². The van der Waals surface area contributed by atoms with E-state index in [0.29, 0.717) is 12.2 Å². The number of anilines is 1. The van der Waals surface area contributed by atoms with Crippen molar-refractivity contribution in [1.29, 1.82) is 0 Å². The zero-order valence-electron chi connectivity index (χ0n) is 10.2. The van der Waals surface area contributed by atoms with E-state index in [9.17, 15) is 14.9 Å². The molecule has 1 aromatic rings. The molecule has 7 heteroatoms. The normalized spacial score (nSPS) is 12.2. The lowest BCUT2D eigenvalue weighted by molar-refractivity contribution is -0.385. The first-order valence-corrected chi connectivity index (χ1v) is 5.50. The highest BCUT2D eigenvalue weighted by Crippen LogP contribution is 2.15. The number of carbonyl (C=O) groups is 1. The van der Waals surface area contributed by atoms with Gasteiger partial charge in [0.15, 0.2) is 0 Å². The van der Waals surface area contributed by atoms with Crippen molar-refractivity contribution < 1.29 is 14.8 Å². The molecule has 7 nitrogen and oxygen atoms in total. The summed E-state index contributed by atoms with van der Waals surface area (Å²) in [5.74, 6) is -0.436. The Balaban J connectivity index is 2.75. The number of hydrogen-bond acceptors (Lipinski definition) is 5. The van der Waals surface area contributed by atoms with Gasteiger partial charge in [-0.05, 0) is 18.4 Å². The molecule has 0 aliphatic heterocycles. The van der Waals surface area contributed by atoms with Gasteiger partial charge >= 0.3 is 5.97 Å². The van der Waals surface area contributed by atoms with Crippen LogP contribution in [0.25, 0.3) is 0 Å². The van der Waals surface area contributed by atoms with E-state index in [1.165, 1.54) is 12.1 Å². The summed E-state index contributed by atoms with van der Waals surface area (Å²) >= 11 is 0. The summed E-state index contributed by atoms with van der Waals surface area (Å²) in [6, 6.07) is 1.93. The van der Waals surface area contributed by atoms with E-state index in [0.717, 1.165) is 6.20 Å². The molecule has 0 bridgehead atoms. The van der Waals surface area contributed by atoms with Gasteiger partial charge in [0.25, 0.3) is 5.69 Å². The Labute approximate surface area is 104 Å². The molecule has 0 radical (unpaired) electrons. The van der Waals surface area contributed by atoms with Crippen LogP contribution in [0, 0.1) is 16.0 Å². The average Bonchev–Trinajstić information content (AvgIpc) is 2.28. The lowest BCUT2D eigenvalue weighted by Gasteiger charge is -2.16. The third-order valence-electron chi connectivity index (χ3n) is 2.29. The molecule has 0 saturated carbocycles. The quantitative estimate of drug-likeness (QED) is 0.592. The third-order valence-corrected chi connectivity index (χ3v) is 2.29. The van der Waals surface area contributed by atoms with Crippen LogP contribution in [0.15, 0.2) is 18.3 Å². The van der Waals surface area contributed by atoms with E-state index in [-0.39, 0.29) is 11.6 Å². The monoisotopic (exact) mass is 253 g/mol. The van der Waals surface area contributed by atoms with Crippen LogP contribution in [0.4, 0.5) is 11.5 Å². The van der Waals surface area contributed by atoms with Gasteiger partial charge in [0.2, 0.25) is 0 Å². The molecule has 98 valence electrons. The molecule has 0 aromatic carbocycles. The van der Waals surface area contributed by atoms with Crippen LogP contribution in [0.2, 0.25) is 0 Å². The fourth-order valence-electron chi connectivity index (χ4n) is 1.45. The van der Waals surface area contributed by atoms with Crippen molar-refractivity contribution in [2.75, 3.05) is 5.32 Å². The molecule has 0 amide bonds. The van der Waals surface area contributed by atoms with E-state index in [1.54, 1.807) is 0 Å². The predicted octanol–water partition coefficient (Wildman–Crippen LogP) is 1.90. The topological polar surface area (TPSA) is 105 Å². The van der Waals surface area contributed by atoms with E-state index in [1.807, 2.05) is 13.8 Å². The number of pyridine rings is 1. The van der Waals surface area contributed by atoms with Gasteiger partial charge in [-0.3, -0.25) is 10.1 Å². The molecule has 0 unspecified atom stereocenters. The van der Waals surface area contributed by atoms with Gasteiger partial charge in [-0.1, -0.05) is 13.8 Å². The van der Waals surface area contributed by atoms with Crippen LogP contribution >= 0.6 is 0 Å². The largest absolute Gasteiger partial charge is 0.480 e. The molecule has 1 heterocycles. The lowest BCUT2D eigenvalue weighted by Crippen LogP contribution is -2.31. The number of carboxylic acids is 1. The molecule has 2 N–H and O–H groups in total. The number of rotatable bonds is 6. The lowest BCUT2D eigenvalue weighted by atomic mass is 10.0. The zero-order chi connectivity index (χ0) is 13.7. The fourth-order valence-corrected chi connectivity index (χ4v) is 1.45. The van der Waals surface area contributed by atoms with Crippen molar-refractivity contribution in [3.63, 3.8) is 0 Å². The van der Waals surface area contributed by atoms with E-state index in [2.05, 4.69) is 10.3 Å². The maximum absolute atomic E-state index is 11.0. The Hall–Kier alpha value is -2.18. The summed E-state index contributed by atoms with van der Waals surface area (Å²) in [5, 5.41) is 22.2. The van der Waals surface area contributed by atoms with Crippen LogP contribution in [-0.2, 0) is 4.79 Å². The van der Waals surface area contributed by atoms with Crippen LogP contribution < -0.4 is 5.32 Å². The van der Waals surface area contributed by atoms with Gasteiger partial charge in [0.1, 0.15) is 18.1 Å². The highest BCUT2D eigenvalue weighted by atomic mass is 16.6. The smallest absolute Gasteiger partial charge is 0.326 e. The third kappa shape index (κ3) is 4.00. The minimum absolute atomic E-state index is 0.128.